The summed E-state index contributed by atoms with van der Waals surface area (Å²) in [4.78, 5) is 21.9. The molecule has 0 aliphatic rings. The van der Waals surface area contributed by atoms with Gasteiger partial charge in [-0.25, -0.2) is 4.79 Å². The molecule has 0 heterocycles. The minimum atomic E-state index is -0.687. The lowest BCUT2D eigenvalue weighted by Crippen LogP contribution is -2.13. The molecule has 0 aromatic heterocycles. The maximum absolute atomic E-state index is 11.9. The third-order valence-corrected chi connectivity index (χ3v) is 3.42. The van der Waals surface area contributed by atoms with Gasteiger partial charge in [0.15, 0.2) is 0 Å². The Kier molecular flexibility index (Phi) is 5.78. The van der Waals surface area contributed by atoms with Crippen LogP contribution in [0.25, 0.3) is 0 Å². The second-order valence-electron chi connectivity index (χ2n) is 4.34. The zero-order valence-corrected chi connectivity index (χ0v) is 13.2. The number of carbonyl (C=O) groups excluding carboxylic acids is 1. The van der Waals surface area contributed by atoms with Crippen LogP contribution < -0.4 is 4.74 Å². The molecule has 0 aliphatic heterocycles. The number of halogens is 2. The van der Waals surface area contributed by atoms with Crippen molar-refractivity contribution in [3.05, 3.63) is 68.2 Å². The van der Waals surface area contributed by atoms with Crippen molar-refractivity contribution in [1.82, 2.24) is 0 Å². The first-order valence-corrected chi connectivity index (χ1v) is 7.23. The number of para-hydroxylation sites is 1. The average molecular weight is 356 g/mol. The van der Waals surface area contributed by atoms with Gasteiger partial charge in [0.05, 0.1) is 20.5 Å². The van der Waals surface area contributed by atoms with E-state index in [0.29, 0.717) is 10.8 Å². The molecule has 2 rings (SSSR count). The molecule has 23 heavy (non-hydrogen) atoms. The molecular formula is C15H11Cl2NO5. The highest BCUT2D eigenvalue weighted by molar-refractivity contribution is 6.33. The monoisotopic (exact) mass is 355 g/mol. The normalized spacial score (nSPS) is 10.2. The van der Waals surface area contributed by atoms with Crippen LogP contribution in [0, 0.1) is 10.1 Å². The molecule has 0 aliphatic carbocycles. The molecule has 0 spiro atoms. The molecule has 8 heteroatoms. The summed E-state index contributed by atoms with van der Waals surface area (Å²) in [5, 5.41) is 11.0. The molecule has 2 aromatic carbocycles. The first-order valence-electron chi connectivity index (χ1n) is 6.47. The summed E-state index contributed by atoms with van der Waals surface area (Å²) in [5.74, 6) is -0.203. The van der Waals surface area contributed by atoms with Crippen LogP contribution in [0.3, 0.4) is 0 Å². The van der Waals surface area contributed by atoms with E-state index in [-0.39, 0.29) is 29.5 Å². The highest BCUT2D eigenvalue weighted by Crippen LogP contribution is 2.24. The van der Waals surface area contributed by atoms with Gasteiger partial charge in [-0.1, -0.05) is 35.3 Å². The van der Waals surface area contributed by atoms with Crippen LogP contribution in [0.2, 0.25) is 10.0 Å². The molecule has 0 unspecified atom stereocenters. The number of hydrogen-bond acceptors (Lipinski definition) is 5. The lowest BCUT2D eigenvalue weighted by Gasteiger charge is -2.09. The Balaban J connectivity index is 1.88. The summed E-state index contributed by atoms with van der Waals surface area (Å²) < 4.78 is 10.4. The van der Waals surface area contributed by atoms with Crippen molar-refractivity contribution in [3.63, 3.8) is 0 Å². The van der Waals surface area contributed by atoms with E-state index < -0.39 is 10.9 Å². The molecule has 120 valence electrons. The Labute approximate surface area is 141 Å². The standard InChI is InChI=1S/C15H11Cl2NO5/c16-12-3-1-2-4-14(12)22-7-8-23-15(19)11-6-5-10(18(20)21)9-13(11)17/h1-6,9H,7-8H2. The van der Waals surface area contributed by atoms with Gasteiger partial charge in [-0.2, -0.15) is 0 Å². The molecule has 0 radical (unpaired) electrons. The van der Waals surface area contributed by atoms with Gasteiger partial charge in [-0.3, -0.25) is 10.1 Å². The number of hydrogen-bond donors (Lipinski definition) is 0. The quantitative estimate of drug-likeness (QED) is 0.336. The second-order valence-corrected chi connectivity index (χ2v) is 5.15. The Hall–Kier alpha value is -2.31. The predicted octanol–water partition coefficient (Wildman–Crippen LogP) is 4.14. The van der Waals surface area contributed by atoms with Crippen molar-refractivity contribution in [2.45, 2.75) is 0 Å². The van der Waals surface area contributed by atoms with E-state index in [4.69, 9.17) is 32.7 Å². The SMILES string of the molecule is O=C(OCCOc1ccccc1Cl)c1ccc([N+](=O)[O-])cc1Cl. The van der Waals surface area contributed by atoms with Gasteiger partial charge in [0.2, 0.25) is 0 Å². The summed E-state index contributed by atoms with van der Waals surface area (Å²) in [5.41, 5.74) is -0.149. The average Bonchev–Trinajstić information content (AvgIpc) is 2.52. The number of nitro benzene ring substituents is 1. The molecule has 2 aromatic rings. The molecule has 6 nitrogen and oxygen atoms in total. The van der Waals surface area contributed by atoms with Crippen LogP contribution in [0.1, 0.15) is 10.4 Å². The van der Waals surface area contributed by atoms with Crippen LogP contribution in [-0.2, 0) is 4.74 Å². The number of esters is 1. The summed E-state index contributed by atoms with van der Waals surface area (Å²) in [7, 11) is 0. The van der Waals surface area contributed by atoms with Crippen LogP contribution in [-0.4, -0.2) is 24.1 Å². The number of nitro groups is 1. The molecule has 0 atom stereocenters. The van der Waals surface area contributed by atoms with Crippen molar-refractivity contribution >= 4 is 34.9 Å². The van der Waals surface area contributed by atoms with E-state index in [0.717, 1.165) is 6.07 Å². The molecular weight excluding hydrogens is 345 g/mol. The van der Waals surface area contributed by atoms with Gasteiger partial charge in [-0.05, 0) is 18.2 Å². The zero-order chi connectivity index (χ0) is 16.8. The van der Waals surface area contributed by atoms with E-state index in [1.807, 2.05) is 0 Å². The number of ether oxygens (including phenoxy) is 2. The van der Waals surface area contributed by atoms with Crippen molar-refractivity contribution < 1.29 is 19.2 Å². The van der Waals surface area contributed by atoms with Gasteiger partial charge >= 0.3 is 5.97 Å². The van der Waals surface area contributed by atoms with Crippen LogP contribution in [0.5, 0.6) is 5.75 Å². The maximum atomic E-state index is 11.9. The molecule has 0 bridgehead atoms. The molecule has 0 saturated carbocycles. The fourth-order valence-corrected chi connectivity index (χ4v) is 2.15. The van der Waals surface area contributed by atoms with E-state index in [9.17, 15) is 14.9 Å². The number of rotatable bonds is 6. The first kappa shape index (κ1) is 17.1. The Morgan fingerprint density at radius 1 is 1.09 bits per heavy atom. The third kappa shape index (κ3) is 4.58. The minimum absolute atomic E-state index is 0.0165. The van der Waals surface area contributed by atoms with Crippen LogP contribution in [0.15, 0.2) is 42.5 Å². The summed E-state index contributed by atoms with van der Waals surface area (Å²) in [6.07, 6.45) is 0. The van der Waals surface area contributed by atoms with Gasteiger partial charge in [-0.15, -0.1) is 0 Å². The second kappa shape index (κ2) is 7.80. The van der Waals surface area contributed by atoms with Crippen LogP contribution in [0.4, 0.5) is 5.69 Å². The number of nitrogens with zero attached hydrogens (tertiary/aromatic N) is 1. The maximum Gasteiger partial charge on any atom is 0.339 e. The van der Waals surface area contributed by atoms with E-state index >= 15 is 0 Å². The highest BCUT2D eigenvalue weighted by Gasteiger charge is 2.16. The zero-order valence-electron chi connectivity index (χ0n) is 11.7. The highest BCUT2D eigenvalue weighted by atomic mass is 35.5. The summed E-state index contributed by atoms with van der Waals surface area (Å²) in [6.45, 7) is 0.0947. The Morgan fingerprint density at radius 3 is 2.48 bits per heavy atom. The smallest absolute Gasteiger partial charge is 0.339 e. The van der Waals surface area contributed by atoms with Gasteiger partial charge in [0, 0.05) is 12.1 Å². The third-order valence-electron chi connectivity index (χ3n) is 2.79. The van der Waals surface area contributed by atoms with E-state index in [1.54, 1.807) is 24.3 Å². The number of carbonyl (C=O) groups is 1. The number of non-ortho nitro benzene ring substituents is 1. The summed E-state index contributed by atoms with van der Waals surface area (Å²) >= 11 is 11.8. The van der Waals surface area contributed by atoms with Crippen LogP contribution >= 0.6 is 23.2 Å². The Morgan fingerprint density at radius 2 is 1.83 bits per heavy atom. The molecule has 0 saturated heterocycles. The van der Waals surface area contributed by atoms with Crippen molar-refractivity contribution in [3.8, 4) is 5.75 Å². The predicted molar refractivity (Wildman–Crippen MR) is 85.3 cm³/mol. The van der Waals surface area contributed by atoms with E-state index in [2.05, 4.69) is 0 Å². The first-order chi connectivity index (χ1) is 11.0. The van der Waals surface area contributed by atoms with Crippen molar-refractivity contribution in [1.29, 1.82) is 0 Å². The van der Waals surface area contributed by atoms with Gasteiger partial charge in [0.25, 0.3) is 5.69 Å². The van der Waals surface area contributed by atoms with Gasteiger partial charge in [0.1, 0.15) is 19.0 Å². The fourth-order valence-electron chi connectivity index (χ4n) is 1.71. The number of benzene rings is 2. The lowest BCUT2D eigenvalue weighted by molar-refractivity contribution is -0.384. The molecule has 0 fully saturated rings. The summed E-state index contributed by atoms with van der Waals surface area (Å²) in [6, 6.07) is 10.4. The lowest BCUT2D eigenvalue weighted by atomic mass is 10.2. The van der Waals surface area contributed by atoms with E-state index in [1.165, 1.54) is 12.1 Å². The van der Waals surface area contributed by atoms with Gasteiger partial charge < -0.3 is 9.47 Å². The molecule has 0 amide bonds. The molecule has 0 N–H and O–H groups in total. The topological polar surface area (TPSA) is 78.7 Å². The minimum Gasteiger partial charge on any atom is -0.488 e. The largest absolute Gasteiger partial charge is 0.488 e. The Bertz CT molecular complexity index is 736. The fraction of sp³-hybridized carbons (Fsp3) is 0.133. The van der Waals surface area contributed by atoms with Crippen molar-refractivity contribution in [2.24, 2.45) is 0 Å². The van der Waals surface area contributed by atoms with Crippen molar-refractivity contribution in [2.75, 3.05) is 13.2 Å².